The minimum Gasteiger partial charge on any atom is -0.482 e. The van der Waals surface area contributed by atoms with E-state index in [0.29, 0.717) is 19.0 Å². The minimum atomic E-state index is 0.0126. The Morgan fingerprint density at radius 2 is 1.61 bits per heavy atom. The van der Waals surface area contributed by atoms with Crippen LogP contribution >= 0.6 is 0 Å². The number of anilines is 1. The first-order chi connectivity index (χ1) is 18.7. The second-order valence-electron chi connectivity index (χ2n) is 10.2. The Morgan fingerprint density at radius 1 is 0.868 bits per heavy atom. The van der Waals surface area contributed by atoms with Crippen LogP contribution in [0.1, 0.15) is 53.1 Å². The smallest absolute Gasteiger partial charge is 0.265 e. The Hall–Kier alpha value is -3.64. The van der Waals surface area contributed by atoms with Gasteiger partial charge in [0.1, 0.15) is 5.75 Å². The molecule has 2 amide bonds. The van der Waals surface area contributed by atoms with Crippen LogP contribution in [0.25, 0.3) is 0 Å². The molecule has 0 spiro atoms. The van der Waals surface area contributed by atoms with Crippen molar-refractivity contribution in [1.82, 2.24) is 10.2 Å². The van der Waals surface area contributed by atoms with E-state index in [4.69, 9.17) is 4.74 Å². The van der Waals surface area contributed by atoms with Crippen LogP contribution in [0.4, 0.5) is 5.69 Å². The van der Waals surface area contributed by atoms with Crippen LogP contribution in [0.5, 0.6) is 5.75 Å². The summed E-state index contributed by atoms with van der Waals surface area (Å²) >= 11 is 0. The second kappa shape index (κ2) is 12.7. The standard InChI is InChI=1S/C32H37N3O3/c36-31-24-38-30-16-7-6-15-29(30)35(31)23-22-34-20-17-26(18-21-34)27-13-4-5-14-28(27)32(37)33-19-9-8-12-25-10-2-1-3-11-25/h1-7,10-11,13-16,26H,8-9,12,17-24H2,(H,33,37). The maximum absolute atomic E-state index is 13.0. The Kier molecular flexibility index (Phi) is 8.71. The van der Waals surface area contributed by atoms with Crippen LogP contribution in [-0.2, 0) is 11.2 Å². The monoisotopic (exact) mass is 511 g/mol. The Morgan fingerprint density at radius 3 is 2.45 bits per heavy atom. The SMILES string of the molecule is O=C(NCCCCc1ccccc1)c1ccccc1C1CCN(CCN2C(=O)COc3ccccc32)CC1. The van der Waals surface area contributed by atoms with Crippen molar-refractivity contribution in [3.63, 3.8) is 0 Å². The van der Waals surface area contributed by atoms with Crippen molar-refractivity contribution >= 4 is 17.5 Å². The number of benzene rings is 3. The van der Waals surface area contributed by atoms with Gasteiger partial charge in [0.2, 0.25) is 0 Å². The number of nitrogens with zero attached hydrogens (tertiary/aromatic N) is 2. The molecule has 0 atom stereocenters. The highest BCUT2D eigenvalue weighted by atomic mass is 16.5. The predicted octanol–water partition coefficient (Wildman–Crippen LogP) is 5.04. The number of hydrogen-bond acceptors (Lipinski definition) is 4. The molecule has 6 heteroatoms. The average molecular weight is 512 g/mol. The normalized spacial score (nSPS) is 16.1. The molecule has 0 bridgehead atoms. The summed E-state index contributed by atoms with van der Waals surface area (Å²) in [6.07, 6.45) is 5.09. The third-order valence-corrected chi connectivity index (χ3v) is 7.70. The molecule has 198 valence electrons. The summed E-state index contributed by atoms with van der Waals surface area (Å²) in [4.78, 5) is 29.8. The number of amides is 2. The highest BCUT2D eigenvalue weighted by Crippen LogP contribution is 2.33. The van der Waals surface area contributed by atoms with Gasteiger partial charge in [-0.3, -0.25) is 9.59 Å². The number of carbonyl (C=O) groups excluding carboxylic acids is 2. The first-order valence-corrected chi connectivity index (χ1v) is 13.8. The third-order valence-electron chi connectivity index (χ3n) is 7.70. The van der Waals surface area contributed by atoms with E-state index in [0.717, 1.165) is 74.3 Å². The molecule has 1 fully saturated rings. The molecule has 0 unspecified atom stereocenters. The van der Waals surface area contributed by atoms with Gasteiger partial charge in [-0.05, 0) is 80.4 Å². The molecule has 1 N–H and O–H groups in total. The molecule has 0 aromatic heterocycles. The summed E-state index contributed by atoms with van der Waals surface area (Å²) in [5, 5.41) is 3.15. The lowest BCUT2D eigenvalue weighted by Crippen LogP contribution is -2.45. The Bertz CT molecular complexity index is 1220. The lowest BCUT2D eigenvalue weighted by atomic mass is 9.86. The number of para-hydroxylation sites is 2. The first-order valence-electron chi connectivity index (χ1n) is 13.8. The summed E-state index contributed by atoms with van der Waals surface area (Å²) in [6, 6.07) is 26.3. The van der Waals surface area contributed by atoms with E-state index in [2.05, 4.69) is 40.5 Å². The van der Waals surface area contributed by atoms with Crippen molar-refractivity contribution < 1.29 is 14.3 Å². The van der Waals surface area contributed by atoms with Crippen molar-refractivity contribution in [3.8, 4) is 5.75 Å². The number of likely N-dealkylation sites (tertiary alicyclic amines) is 1. The van der Waals surface area contributed by atoms with Crippen molar-refractivity contribution in [2.45, 2.75) is 38.0 Å². The first kappa shape index (κ1) is 26.0. The van der Waals surface area contributed by atoms with Gasteiger partial charge >= 0.3 is 0 Å². The summed E-state index contributed by atoms with van der Waals surface area (Å²) in [6.45, 7) is 4.21. The average Bonchev–Trinajstić information content (AvgIpc) is 2.97. The van der Waals surface area contributed by atoms with Crippen LogP contribution in [-0.4, -0.2) is 56.0 Å². The van der Waals surface area contributed by atoms with Crippen LogP contribution in [0.3, 0.4) is 0 Å². The van der Waals surface area contributed by atoms with Gasteiger partial charge in [-0.15, -0.1) is 0 Å². The summed E-state index contributed by atoms with van der Waals surface area (Å²) < 4.78 is 5.57. The van der Waals surface area contributed by atoms with Crippen molar-refractivity contribution in [3.05, 3.63) is 95.6 Å². The van der Waals surface area contributed by atoms with Crippen molar-refractivity contribution in [2.75, 3.05) is 44.2 Å². The molecule has 38 heavy (non-hydrogen) atoms. The number of fused-ring (bicyclic) bond motifs is 1. The van der Waals surface area contributed by atoms with E-state index >= 15 is 0 Å². The Balaban J connectivity index is 1.09. The number of hydrogen-bond donors (Lipinski definition) is 1. The Labute approximate surface area is 225 Å². The number of rotatable bonds is 10. The fraction of sp³-hybridized carbons (Fsp3) is 0.375. The van der Waals surface area contributed by atoms with Crippen LogP contribution in [0, 0.1) is 0 Å². The molecule has 2 aliphatic heterocycles. The maximum atomic E-state index is 13.0. The third kappa shape index (κ3) is 6.43. The zero-order chi connectivity index (χ0) is 26.2. The summed E-state index contributed by atoms with van der Waals surface area (Å²) in [7, 11) is 0. The van der Waals surface area contributed by atoms with Crippen LogP contribution < -0.4 is 15.0 Å². The zero-order valence-corrected chi connectivity index (χ0v) is 22.0. The van der Waals surface area contributed by atoms with Gasteiger partial charge in [-0.2, -0.15) is 0 Å². The van der Waals surface area contributed by atoms with Crippen molar-refractivity contribution in [1.29, 1.82) is 0 Å². The molecule has 3 aromatic carbocycles. The number of carbonyl (C=O) groups is 2. The summed E-state index contributed by atoms with van der Waals surface area (Å²) in [5.74, 6) is 1.19. The van der Waals surface area contributed by atoms with Crippen molar-refractivity contribution in [2.24, 2.45) is 0 Å². The number of aryl methyl sites for hydroxylation is 1. The van der Waals surface area contributed by atoms with Gasteiger partial charge in [0.25, 0.3) is 11.8 Å². The predicted molar refractivity (Wildman–Crippen MR) is 151 cm³/mol. The van der Waals surface area contributed by atoms with Gasteiger partial charge in [0, 0.05) is 25.2 Å². The fourth-order valence-electron chi connectivity index (χ4n) is 5.56. The second-order valence-corrected chi connectivity index (χ2v) is 10.2. The molecule has 2 heterocycles. The van der Waals surface area contributed by atoms with Gasteiger partial charge in [0.15, 0.2) is 6.61 Å². The van der Waals surface area contributed by atoms with E-state index in [-0.39, 0.29) is 18.4 Å². The number of nitrogens with one attached hydrogen (secondary N) is 1. The molecule has 2 aliphatic rings. The number of piperidine rings is 1. The van der Waals surface area contributed by atoms with Gasteiger partial charge in [-0.25, -0.2) is 0 Å². The molecular formula is C32H37N3O3. The highest BCUT2D eigenvalue weighted by Gasteiger charge is 2.28. The molecule has 0 aliphatic carbocycles. The van der Waals surface area contributed by atoms with E-state index in [1.807, 2.05) is 53.4 Å². The van der Waals surface area contributed by atoms with Crippen LogP contribution in [0.15, 0.2) is 78.9 Å². The quantitative estimate of drug-likeness (QED) is 0.387. The molecular weight excluding hydrogens is 474 g/mol. The van der Waals surface area contributed by atoms with Crippen LogP contribution in [0.2, 0.25) is 0 Å². The van der Waals surface area contributed by atoms with E-state index in [9.17, 15) is 9.59 Å². The number of unbranched alkanes of at least 4 members (excludes halogenated alkanes) is 1. The molecule has 0 radical (unpaired) electrons. The molecule has 1 saturated heterocycles. The zero-order valence-electron chi connectivity index (χ0n) is 22.0. The molecule has 5 rings (SSSR count). The van der Waals surface area contributed by atoms with E-state index in [1.54, 1.807) is 0 Å². The largest absolute Gasteiger partial charge is 0.482 e. The topological polar surface area (TPSA) is 61.9 Å². The van der Waals surface area contributed by atoms with Gasteiger partial charge in [0.05, 0.1) is 5.69 Å². The lowest BCUT2D eigenvalue weighted by Gasteiger charge is -2.35. The molecule has 3 aromatic rings. The summed E-state index contributed by atoms with van der Waals surface area (Å²) in [5.41, 5.74) is 4.17. The minimum absolute atomic E-state index is 0.0126. The van der Waals surface area contributed by atoms with Gasteiger partial charge in [-0.1, -0.05) is 60.7 Å². The van der Waals surface area contributed by atoms with E-state index < -0.39 is 0 Å². The maximum Gasteiger partial charge on any atom is 0.265 e. The fourth-order valence-corrected chi connectivity index (χ4v) is 5.56. The highest BCUT2D eigenvalue weighted by molar-refractivity contribution is 5.97. The lowest BCUT2D eigenvalue weighted by molar-refractivity contribution is -0.121. The number of ether oxygens (including phenoxy) is 1. The van der Waals surface area contributed by atoms with E-state index in [1.165, 1.54) is 5.56 Å². The molecule has 6 nitrogen and oxygen atoms in total. The molecule has 0 saturated carbocycles. The van der Waals surface area contributed by atoms with Gasteiger partial charge < -0.3 is 19.9 Å².